The van der Waals surface area contributed by atoms with E-state index in [-0.39, 0.29) is 22.9 Å². The van der Waals surface area contributed by atoms with Crippen LogP contribution in [-0.2, 0) is 0 Å². The fourth-order valence-electron chi connectivity index (χ4n) is 1.73. The number of hydrogen-bond donors (Lipinski definition) is 1. The second kappa shape index (κ2) is 5.66. The molecule has 1 heterocycles. The van der Waals surface area contributed by atoms with Crippen molar-refractivity contribution in [3.05, 3.63) is 33.7 Å². The first-order chi connectivity index (χ1) is 7.97. The molecule has 1 rings (SSSR count). The van der Waals surface area contributed by atoms with E-state index in [2.05, 4.69) is 4.98 Å². The van der Waals surface area contributed by atoms with Crippen molar-refractivity contribution in [2.45, 2.75) is 40.2 Å². The molecule has 1 aromatic rings. The van der Waals surface area contributed by atoms with Crippen molar-refractivity contribution in [3.63, 3.8) is 0 Å². The summed E-state index contributed by atoms with van der Waals surface area (Å²) in [6.07, 6.45) is 2.39. The molecule has 0 bridgehead atoms. The molecule has 4 heteroatoms. The Kier molecular flexibility index (Phi) is 4.49. The Morgan fingerprint density at radius 1 is 1.47 bits per heavy atom. The van der Waals surface area contributed by atoms with Gasteiger partial charge in [-0.1, -0.05) is 6.92 Å². The zero-order valence-electron chi connectivity index (χ0n) is 10.9. The zero-order valence-corrected chi connectivity index (χ0v) is 10.9. The summed E-state index contributed by atoms with van der Waals surface area (Å²) in [6, 6.07) is 1.56. The first-order valence-electron chi connectivity index (χ1n) is 5.97. The molecule has 0 spiro atoms. The summed E-state index contributed by atoms with van der Waals surface area (Å²) in [5.41, 5.74) is 0.767. The van der Waals surface area contributed by atoms with Crippen molar-refractivity contribution in [2.24, 2.45) is 0 Å². The minimum atomic E-state index is -0.215. The van der Waals surface area contributed by atoms with E-state index >= 15 is 0 Å². The van der Waals surface area contributed by atoms with Gasteiger partial charge in [-0.25, -0.2) is 0 Å². The molecule has 94 valence electrons. The van der Waals surface area contributed by atoms with Crippen LogP contribution in [0.2, 0.25) is 0 Å². The van der Waals surface area contributed by atoms with Gasteiger partial charge in [-0.05, 0) is 27.2 Å². The molecule has 17 heavy (non-hydrogen) atoms. The molecule has 0 aromatic carbocycles. The van der Waals surface area contributed by atoms with Crippen molar-refractivity contribution in [2.75, 3.05) is 6.54 Å². The Morgan fingerprint density at radius 3 is 2.59 bits per heavy atom. The summed E-state index contributed by atoms with van der Waals surface area (Å²) in [4.78, 5) is 28.6. The van der Waals surface area contributed by atoms with Crippen LogP contribution >= 0.6 is 0 Å². The quantitative estimate of drug-likeness (QED) is 0.868. The van der Waals surface area contributed by atoms with Crippen LogP contribution in [0.15, 0.2) is 17.1 Å². The Labute approximate surface area is 102 Å². The highest BCUT2D eigenvalue weighted by Crippen LogP contribution is 2.06. The number of aromatic amines is 1. The van der Waals surface area contributed by atoms with Gasteiger partial charge in [0.15, 0.2) is 5.43 Å². The lowest BCUT2D eigenvalue weighted by Crippen LogP contribution is -2.39. The second-order valence-electron chi connectivity index (χ2n) is 4.49. The van der Waals surface area contributed by atoms with Gasteiger partial charge < -0.3 is 9.88 Å². The molecule has 0 saturated heterocycles. The highest BCUT2D eigenvalue weighted by Gasteiger charge is 2.20. The van der Waals surface area contributed by atoms with E-state index < -0.39 is 0 Å². The second-order valence-corrected chi connectivity index (χ2v) is 4.49. The Balaban J connectivity index is 3.05. The maximum atomic E-state index is 12.2. The van der Waals surface area contributed by atoms with Gasteiger partial charge >= 0.3 is 0 Å². The van der Waals surface area contributed by atoms with Crippen molar-refractivity contribution in [1.82, 2.24) is 9.88 Å². The number of carbonyl (C=O) groups excluding carboxylic acids is 1. The van der Waals surface area contributed by atoms with Crippen molar-refractivity contribution >= 4 is 5.91 Å². The average molecular weight is 236 g/mol. The van der Waals surface area contributed by atoms with Gasteiger partial charge in [-0.15, -0.1) is 0 Å². The molecule has 0 radical (unpaired) electrons. The molecule has 1 aromatic heterocycles. The zero-order chi connectivity index (χ0) is 13.0. The SMILES string of the molecule is CCCN(C(=O)c1c[nH]c(C)cc1=O)C(C)C. The van der Waals surface area contributed by atoms with Gasteiger partial charge in [0.25, 0.3) is 5.91 Å². The Bertz CT molecular complexity index is 449. The average Bonchev–Trinajstić information content (AvgIpc) is 2.24. The first kappa shape index (κ1) is 13.5. The molecule has 0 aliphatic heterocycles. The van der Waals surface area contributed by atoms with Gasteiger partial charge in [0.05, 0.1) is 0 Å². The highest BCUT2D eigenvalue weighted by atomic mass is 16.2. The summed E-state index contributed by atoms with van der Waals surface area (Å²) >= 11 is 0. The van der Waals surface area contributed by atoms with E-state index in [9.17, 15) is 9.59 Å². The van der Waals surface area contributed by atoms with Crippen LogP contribution in [0.4, 0.5) is 0 Å². The summed E-state index contributed by atoms with van der Waals surface area (Å²) in [5.74, 6) is -0.192. The largest absolute Gasteiger partial charge is 0.364 e. The van der Waals surface area contributed by atoms with Crippen LogP contribution in [0.5, 0.6) is 0 Å². The monoisotopic (exact) mass is 236 g/mol. The van der Waals surface area contributed by atoms with E-state index in [4.69, 9.17) is 0 Å². The maximum absolute atomic E-state index is 12.2. The molecule has 1 N–H and O–H groups in total. The first-order valence-corrected chi connectivity index (χ1v) is 5.97. The molecule has 0 fully saturated rings. The van der Waals surface area contributed by atoms with E-state index in [1.807, 2.05) is 20.8 Å². The maximum Gasteiger partial charge on any atom is 0.259 e. The van der Waals surface area contributed by atoms with E-state index in [0.717, 1.165) is 12.1 Å². The number of aryl methyl sites for hydroxylation is 1. The number of rotatable bonds is 4. The minimum Gasteiger partial charge on any atom is -0.364 e. The molecular formula is C13H20N2O2. The third kappa shape index (κ3) is 3.19. The number of aromatic nitrogens is 1. The molecule has 0 saturated carbocycles. The fourth-order valence-corrected chi connectivity index (χ4v) is 1.73. The van der Waals surface area contributed by atoms with Crippen LogP contribution < -0.4 is 5.43 Å². The minimum absolute atomic E-state index is 0.100. The molecule has 1 amide bonds. The lowest BCUT2D eigenvalue weighted by molar-refractivity contribution is 0.0704. The van der Waals surface area contributed by atoms with E-state index in [1.165, 1.54) is 12.3 Å². The summed E-state index contributed by atoms with van der Waals surface area (Å²) in [7, 11) is 0. The third-order valence-corrected chi connectivity index (χ3v) is 2.64. The van der Waals surface area contributed by atoms with Crippen LogP contribution in [0, 0.1) is 6.92 Å². The predicted molar refractivity (Wildman–Crippen MR) is 68.3 cm³/mol. The lowest BCUT2D eigenvalue weighted by Gasteiger charge is -2.26. The predicted octanol–water partition coefficient (Wildman–Crippen LogP) is 1.94. The van der Waals surface area contributed by atoms with Crippen LogP contribution in [0.1, 0.15) is 43.2 Å². The van der Waals surface area contributed by atoms with Gasteiger partial charge in [0.2, 0.25) is 0 Å². The van der Waals surface area contributed by atoms with Gasteiger partial charge in [-0.3, -0.25) is 9.59 Å². The topological polar surface area (TPSA) is 53.2 Å². The van der Waals surface area contributed by atoms with Gasteiger partial charge in [0.1, 0.15) is 5.56 Å². The number of amides is 1. The number of hydrogen-bond acceptors (Lipinski definition) is 2. The van der Waals surface area contributed by atoms with Crippen LogP contribution in [-0.4, -0.2) is 28.4 Å². The molecular weight excluding hydrogens is 216 g/mol. The lowest BCUT2D eigenvalue weighted by atomic mass is 10.2. The normalized spacial score (nSPS) is 10.6. The Hall–Kier alpha value is -1.58. The Morgan fingerprint density at radius 2 is 2.12 bits per heavy atom. The summed E-state index contributed by atoms with van der Waals surface area (Å²) in [6.45, 7) is 8.39. The number of pyridine rings is 1. The third-order valence-electron chi connectivity index (χ3n) is 2.64. The smallest absolute Gasteiger partial charge is 0.259 e. The van der Waals surface area contributed by atoms with E-state index in [1.54, 1.807) is 11.8 Å². The van der Waals surface area contributed by atoms with Gasteiger partial charge in [-0.2, -0.15) is 0 Å². The van der Waals surface area contributed by atoms with Crippen molar-refractivity contribution in [1.29, 1.82) is 0 Å². The summed E-state index contributed by atoms with van der Waals surface area (Å²) < 4.78 is 0. The summed E-state index contributed by atoms with van der Waals surface area (Å²) in [5, 5.41) is 0. The van der Waals surface area contributed by atoms with Crippen molar-refractivity contribution in [3.8, 4) is 0 Å². The molecule has 4 nitrogen and oxygen atoms in total. The molecule has 0 aliphatic rings. The number of nitrogens with zero attached hydrogens (tertiary/aromatic N) is 1. The highest BCUT2D eigenvalue weighted by molar-refractivity contribution is 5.94. The number of H-pyrrole nitrogens is 1. The van der Waals surface area contributed by atoms with Crippen LogP contribution in [0.25, 0.3) is 0 Å². The van der Waals surface area contributed by atoms with Crippen molar-refractivity contribution < 1.29 is 4.79 Å². The fraction of sp³-hybridized carbons (Fsp3) is 0.538. The van der Waals surface area contributed by atoms with Gasteiger partial charge in [0, 0.05) is 30.5 Å². The number of carbonyl (C=O) groups is 1. The standard InChI is InChI=1S/C13H20N2O2/c1-5-6-15(9(2)3)13(17)11-8-14-10(4)7-12(11)16/h7-9H,5-6H2,1-4H3,(H,14,16). The molecule has 0 atom stereocenters. The molecule has 0 aliphatic carbocycles. The number of nitrogens with one attached hydrogen (secondary N) is 1. The molecule has 0 unspecified atom stereocenters. The van der Waals surface area contributed by atoms with E-state index in [0.29, 0.717) is 6.54 Å². The van der Waals surface area contributed by atoms with Crippen LogP contribution in [0.3, 0.4) is 0 Å².